The number of rotatable bonds is 30. The van der Waals surface area contributed by atoms with Crippen molar-refractivity contribution in [2.45, 2.75) is 83.0 Å². The maximum Gasteiger partial charge on any atom is 0.303 e. The molecular formula is C43H70N18O8. The maximum atomic E-state index is 14.1. The third kappa shape index (κ3) is 16.2. The SMILES string of the molecule is C#CCOCCOCCOCCNc1nc(N2CCN(C(=O)C(CCC(=O)O)n3cc(C(N)CCCCN)nn3)CC2)nc(N2CCN(C(=O)C(CC(N)=O)n3cc(C(N)C(C)CC)nn3)CC2)n1. The number of aromatic nitrogens is 9. The van der Waals surface area contributed by atoms with Crippen molar-refractivity contribution in [3.63, 3.8) is 0 Å². The fourth-order valence-corrected chi connectivity index (χ4v) is 7.72. The minimum atomic E-state index is -1.03. The number of nitrogens with two attached hydrogens (primary N) is 4. The molecule has 0 radical (unpaired) electrons. The summed E-state index contributed by atoms with van der Waals surface area (Å²) in [5.41, 5.74) is 25.0. The standard InChI is InChI=1S/C43H70N18O8/c1-4-21-67-23-25-69-26-24-68-22-12-48-41-49-42(58-17-13-56(14-18-58)39(65)34(9-10-37(63)64)60-28-32(52-54-60)31(45)8-6-7-11-44)51-43(50-41)59-19-15-57(16-20-59)40(66)35(27-36(46)62)61-29-33(53-55-61)38(47)30(3)5-2/h1,28-31,34-35,38H,5-27,44-45,47H2,2-3H3,(H2,46,62)(H,63,64)(H,48,49,50,51). The highest BCUT2D eigenvalue weighted by Crippen LogP contribution is 2.26. The van der Waals surface area contributed by atoms with E-state index < -0.39 is 30.0 Å². The van der Waals surface area contributed by atoms with Crippen molar-refractivity contribution in [1.82, 2.24) is 54.7 Å². The second kappa shape index (κ2) is 27.8. The van der Waals surface area contributed by atoms with Crippen LogP contribution < -0.4 is 38.1 Å². The van der Waals surface area contributed by atoms with Gasteiger partial charge in [0.15, 0.2) is 0 Å². The molecule has 0 bridgehead atoms. The number of carboxylic acid groups (broad SMARTS) is 1. The van der Waals surface area contributed by atoms with Crippen LogP contribution in [0.4, 0.5) is 17.8 Å². The van der Waals surface area contributed by atoms with Crippen molar-refractivity contribution < 1.29 is 38.5 Å². The third-order valence-electron chi connectivity index (χ3n) is 12.1. The number of ether oxygens (including phenoxy) is 3. The van der Waals surface area contributed by atoms with E-state index in [0.29, 0.717) is 121 Å². The Hall–Kier alpha value is -6.11. The van der Waals surface area contributed by atoms with E-state index in [1.54, 1.807) is 22.2 Å². The molecule has 2 saturated heterocycles. The first-order chi connectivity index (χ1) is 33.3. The fraction of sp³-hybridized carbons (Fsp3) is 0.698. The van der Waals surface area contributed by atoms with Crippen LogP contribution in [0.1, 0.15) is 94.3 Å². The van der Waals surface area contributed by atoms with Crippen LogP contribution in [-0.4, -0.2) is 189 Å². The summed E-state index contributed by atoms with van der Waals surface area (Å²) in [5.74, 6) is 1.28. The van der Waals surface area contributed by atoms with Crippen molar-refractivity contribution >= 4 is 41.5 Å². The second-order valence-corrected chi connectivity index (χ2v) is 17.0. The summed E-state index contributed by atoms with van der Waals surface area (Å²) in [7, 11) is 0. The van der Waals surface area contributed by atoms with Gasteiger partial charge in [0, 0.05) is 65.3 Å². The molecule has 2 aliphatic heterocycles. The smallest absolute Gasteiger partial charge is 0.303 e. The van der Waals surface area contributed by atoms with Gasteiger partial charge in [-0.2, -0.15) is 15.0 Å². The maximum absolute atomic E-state index is 14.1. The summed E-state index contributed by atoms with van der Waals surface area (Å²) in [5, 5.41) is 29.6. The van der Waals surface area contributed by atoms with Crippen molar-refractivity contribution in [2.75, 3.05) is 120 Å². The van der Waals surface area contributed by atoms with E-state index in [-0.39, 0.29) is 62.7 Å². The van der Waals surface area contributed by atoms with Crippen LogP contribution in [0.2, 0.25) is 0 Å². The van der Waals surface area contributed by atoms with Crippen molar-refractivity contribution in [3.8, 4) is 12.3 Å². The molecule has 3 aromatic heterocycles. The number of hydrogen-bond acceptors (Lipinski definition) is 20. The van der Waals surface area contributed by atoms with E-state index in [4.69, 9.17) is 58.5 Å². The zero-order valence-electron chi connectivity index (χ0n) is 39.8. The summed E-state index contributed by atoms with van der Waals surface area (Å²) in [6.07, 6.45) is 11.0. The van der Waals surface area contributed by atoms with Crippen molar-refractivity contribution in [2.24, 2.45) is 28.9 Å². The Morgan fingerprint density at radius 3 is 1.90 bits per heavy atom. The van der Waals surface area contributed by atoms with Gasteiger partial charge in [0.05, 0.1) is 75.3 Å². The Kier molecular flexibility index (Phi) is 21.7. The number of hydrogen-bond donors (Lipinski definition) is 6. The molecule has 380 valence electrons. The van der Waals surface area contributed by atoms with Gasteiger partial charge in [0.25, 0.3) is 0 Å². The Morgan fingerprint density at radius 1 is 0.783 bits per heavy atom. The van der Waals surface area contributed by atoms with Gasteiger partial charge >= 0.3 is 5.97 Å². The zero-order valence-corrected chi connectivity index (χ0v) is 39.8. The van der Waals surface area contributed by atoms with Gasteiger partial charge in [-0.25, -0.2) is 9.36 Å². The van der Waals surface area contributed by atoms with Gasteiger partial charge in [-0.3, -0.25) is 19.2 Å². The quantitative estimate of drug-likeness (QED) is 0.0339. The molecule has 5 unspecified atom stereocenters. The fourth-order valence-electron chi connectivity index (χ4n) is 7.72. The predicted octanol–water partition coefficient (Wildman–Crippen LogP) is -1.16. The van der Waals surface area contributed by atoms with Gasteiger partial charge in [-0.15, -0.1) is 16.6 Å². The third-order valence-corrected chi connectivity index (χ3v) is 12.1. The van der Waals surface area contributed by atoms with Crippen LogP contribution in [0, 0.1) is 18.3 Å². The number of piperazine rings is 2. The Labute approximate surface area is 402 Å². The van der Waals surface area contributed by atoms with Gasteiger partial charge in [-0.05, 0) is 31.7 Å². The van der Waals surface area contributed by atoms with E-state index in [1.165, 1.54) is 9.36 Å². The first-order valence-corrected chi connectivity index (χ1v) is 23.6. The number of nitrogens with zero attached hydrogens (tertiary/aromatic N) is 13. The lowest BCUT2D eigenvalue weighted by atomic mass is 9.98. The number of carboxylic acids is 1. The minimum absolute atomic E-state index is 0.0173. The van der Waals surface area contributed by atoms with E-state index in [0.717, 1.165) is 19.3 Å². The number of unbranched alkanes of at least 4 members (excludes halogenated alkanes) is 1. The Morgan fingerprint density at radius 2 is 1.33 bits per heavy atom. The van der Waals surface area contributed by atoms with Crippen LogP contribution in [0.15, 0.2) is 12.4 Å². The molecule has 5 atom stereocenters. The van der Waals surface area contributed by atoms with E-state index >= 15 is 0 Å². The van der Waals surface area contributed by atoms with Gasteiger partial charge in [0.2, 0.25) is 35.6 Å². The van der Waals surface area contributed by atoms with Crippen molar-refractivity contribution in [1.29, 1.82) is 0 Å². The molecule has 26 heteroatoms. The predicted molar refractivity (Wildman–Crippen MR) is 252 cm³/mol. The highest BCUT2D eigenvalue weighted by atomic mass is 16.5. The lowest BCUT2D eigenvalue weighted by molar-refractivity contribution is -0.139. The molecule has 69 heavy (non-hydrogen) atoms. The molecule has 10 N–H and O–H groups in total. The van der Waals surface area contributed by atoms with Crippen LogP contribution in [0.5, 0.6) is 0 Å². The number of anilines is 3. The molecule has 26 nitrogen and oxygen atoms in total. The van der Waals surface area contributed by atoms with Crippen LogP contribution in [0.25, 0.3) is 0 Å². The number of carbonyl (C=O) groups is 4. The highest BCUT2D eigenvalue weighted by molar-refractivity contribution is 5.86. The van der Waals surface area contributed by atoms with Crippen LogP contribution >= 0.6 is 0 Å². The zero-order chi connectivity index (χ0) is 49.7. The van der Waals surface area contributed by atoms with E-state index in [1.807, 2.05) is 23.6 Å². The number of amides is 3. The number of primary amides is 1. The lowest BCUT2D eigenvalue weighted by Gasteiger charge is -2.38. The normalized spacial score (nSPS) is 16.4. The monoisotopic (exact) mass is 967 g/mol. The number of aliphatic carboxylic acids is 1. The molecule has 3 aromatic rings. The largest absolute Gasteiger partial charge is 0.481 e. The summed E-state index contributed by atoms with van der Waals surface area (Å²) in [6.45, 7) is 9.64. The highest BCUT2D eigenvalue weighted by Gasteiger charge is 2.34. The van der Waals surface area contributed by atoms with E-state index in [2.05, 4.69) is 31.9 Å². The summed E-state index contributed by atoms with van der Waals surface area (Å²) < 4.78 is 19.2. The molecule has 2 aliphatic rings. The first kappa shape index (κ1) is 53.8. The summed E-state index contributed by atoms with van der Waals surface area (Å²) in [4.78, 5) is 73.5. The Bertz CT molecular complexity index is 2120. The molecule has 5 heterocycles. The number of carbonyl (C=O) groups excluding carboxylic acids is 3. The van der Waals surface area contributed by atoms with Gasteiger partial charge < -0.3 is 67.2 Å². The molecule has 3 amide bonds. The van der Waals surface area contributed by atoms with Crippen molar-refractivity contribution in [3.05, 3.63) is 23.8 Å². The molecular weight excluding hydrogens is 897 g/mol. The molecule has 0 saturated carbocycles. The first-order valence-electron chi connectivity index (χ1n) is 23.6. The van der Waals surface area contributed by atoms with E-state index in [9.17, 15) is 24.3 Å². The number of terminal acetylenes is 1. The molecule has 0 aliphatic carbocycles. The average Bonchev–Trinajstić information content (AvgIpc) is 4.06. The molecule has 2 fully saturated rings. The van der Waals surface area contributed by atoms with Crippen LogP contribution in [-0.2, 0) is 33.4 Å². The second-order valence-electron chi connectivity index (χ2n) is 17.0. The average molecular weight is 967 g/mol. The summed E-state index contributed by atoms with van der Waals surface area (Å²) in [6, 6.07) is -2.69. The molecule has 0 spiro atoms. The molecule has 0 aromatic carbocycles. The lowest BCUT2D eigenvalue weighted by Crippen LogP contribution is -2.52. The minimum Gasteiger partial charge on any atom is -0.481 e. The van der Waals surface area contributed by atoms with Crippen LogP contribution in [0.3, 0.4) is 0 Å². The van der Waals surface area contributed by atoms with Gasteiger partial charge in [0.1, 0.15) is 18.7 Å². The summed E-state index contributed by atoms with van der Waals surface area (Å²) >= 11 is 0. The molecule has 5 rings (SSSR count). The number of nitrogens with one attached hydrogen (secondary N) is 1. The Balaban J connectivity index is 1.26. The van der Waals surface area contributed by atoms with Gasteiger partial charge in [-0.1, -0.05) is 43.0 Å². The topological polar surface area (TPSA) is 345 Å².